The highest BCUT2D eigenvalue weighted by molar-refractivity contribution is 7.98. The number of H-pyrrole nitrogens is 1. The fraction of sp³-hybridized carbons (Fsp3) is 0.438. The molecule has 0 aliphatic carbocycles. The fourth-order valence-corrected chi connectivity index (χ4v) is 2.71. The van der Waals surface area contributed by atoms with Gasteiger partial charge in [-0.3, -0.25) is 9.59 Å². The van der Waals surface area contributed by atoms with E-state index in [-0.39, 0.29) is 17.9 Å². The number of nitrogens with one attached hydrogen (secondary N) is 1. The average Bonchev–Trinajstić information content (AvgIpc) is 2.90. The minimum absolute atomic E-state index is 0.0354. The molecule has 0 aliphatic rings. The molecule has 6 nitrogen and oxygen atoms in total. The van der Waals surface area contributed by atoms with Gasteiger partial charge < -0.3 is 14.3 Å². The maximum absolute atomic E-state index is 12.2. The molecule has 0 radical (unpaired) electrons. The van der Waals surface area contributed by atoms with Crippen molar-refractivity contribution in [1.29, 1.82) is 0 Å². The predicted octanol–water partition coefficient (Wildman–Crippen LogP) is 2.29. The summed E-state index contributed by atoms with van der Waals surface area (Å²) in [5.74, 6) is 1.54. The molecule has 0 atom stereocenters. The quantitative estimate of drug-likeness (QED) is 0.647. The Hall–Kier alpha value is -2.02. The number of nitrogens with zero attached hydrogens (tertiary/aromatic N) is 2. The standard InChI is InChI=1S/C16H21N3O3S/c1-10-5-6-12(22-10)9-19(3)14(20)8-7-13-11(2)17-16(23-4)18-15(13)21/h5-6H,7-9H2,1-4H3,(H,17,18,21). The first-order valence-electron chi connectivity index (χ1n) is 7.33. The lowest BCUT2D eigenvalue weighted by Crippen LogP contribution is -2.27. The molecule has 124 valence electrons. The predicted molar refractivity (Wildman–Crippen MR) is 89.6 cm³/mol. The van der Waals surface area contributed by atoms with Crippen molar-refractivity contribution < 1.29 is 9.21 Å². The Labute approximate surface area is 139 Å². The molecule has 0 spiro atoms. The molecule has 0 aromatic carbocycles. The average molecular weight is 335 g/mol. The van der Waals surface area contributed by atoms with Gasteiger partial charge in [0.1, 0.15) is 11.5 Å². The Kier molecular flexibility index (Phi) is 5.65. The minimum Gasteiger partial charge on any atom is -0.464 e. The Morgan fingerprint density at radius 1 is 1.39 bits per heavy atom. The smallest absolute Gasteiger partial charge is 0.254 e. The Morgan fingerprint density at radius 3 is 2.70 bits per heavy atom. The van der Waals surface area contributed by atoms with Gasteiger partial charge in [-0.1, -0.05) is 11.8 Å². The lowest BCUT2D eigenvalue weighted by molar-refractivity contribution is -0.130. The van der Waals surface area contributed by atoms with E-state index in [9.17, 15) is 9.59 Å². The van der Waals surface area contributed by atoms with E-state index in [2.05, 4.69) is 9.97 Å². The van der Waals surface area contributed by atoms with Gasteiger partial charge >= 0.3 is 0 Å². The number of carbonyl (C=O) groups is 1. The topological polar surface area (TPSA) is 79.2 Å². The summed E-state index contributed by atoms with van der Waals surface area (Å²) in [5, 5.41) is 0.591. The molecule has 0 saturated carbocycles. The van der Waals surface area contributed by atoms with Crippen molar-refractivity contribution in [3.05, 3.63) is 45.3 Å². The first-order chi connectivity index (χ1) is 10.9. The number of amides is 1. The number of thioether (sulfide) groups is 1. The van der Waals surface area contributed by atoms with Crippen LogP contribution in [-0.2, 0) is 17.8 Å². The van der Waals surface area contributed by atoms with Crippen LogP contribution >= 0.6 is 11.8 Å². The van der Waals surface area contributed by atoms with E-state index in [4.69, 9.17) is 4.42 Å². The second-order valence-corrected chi connectivity index (χ2v) is 6.20. The molecule has 2 rings (SSSR count). The van der Waals surface area contributed by atoms with Crippen molar-refractivity contribution in [3.63, 3.8) is 0 Å². The van der Waals surface area contributed by atoms with E-state index in [0.717, 1.165) is 11.5 Å². The molecule has 0 fully saturated rings. The zero-order chi connectivity index (χ0) is 17.0. The number of hydrogen-bond acceptors (Lipinski definition) is 5. The van der Waals surface area contributed by atoms with Crippen LogP contribution in [0.4, 0.5) is 0 Å². The number of furan rings is 1. The minimum atomic E-state index is -0.168. The number of aryl methyl sites for hydroxylation is 2. The molecule has 1 amide bonds. The number of aromatic amines is 1. The largest absolute Gasteiger partial charge is 0.464 e. The summed E-state index contributed by atoms with van der Waals surface area (Å²) in [6.45, 7) is 4.08. The first-order valence-corrected chi connectivity index (χ1v) is 8.56. The molecule has 23 heavy (non-hydrogen) atoms. The Morgan fingerprint density at radius 2 is 2.13 bits per heavy atom. The molecule has 0 unspecified atom stereocenters. The third kappa shape index (κ3) is 4.48. The fourth-order valence-electron chi connectivity index (χ4n) is 2.29. The van der Waals surface area contributed by atoms with Crippen LogP contribution in [0.3, 0.4) is 0 Å². The lowest BCUT2D eigenvalue weighted by atomic mass is 10.1. The van der Waals surface area contributed by atoms with Crippen LogP contribution in [0.25, 0.3) is 0 Å². The van der Waals surface area contributed by atoms with Crippen molar-refractivity contribution in [2.24, 2.45) is 0 Å². The second-order valence-electron chi connectivity index (χ2n) is 5.40. The van der Waals surface area contributed by atoms with E-state index < -0.39 is 0 Å². The van der Waals surface area contributed by atoms with Crippen LogP contribution in [0.5, 0.6) is 0 Å². The summed E-state index contributed by atoms with van der Waals surface area (Å²) in [6.07, 6.45) is 2.50. The Bertz CT molecular complexity index is 751. The first kappa shape index (κ1) is 17.3. The maximum atomic E-state index is 12.2. The van der Waals surface area contributed by atoms with Crippen LogP contribution in [0.15, 0.2) is 26.5 Å². The van der Waals surface area contributed by atoms with Gasteiger partial charge in [0.25, 0.3) is 5.56 Å². The SMILES string of the molecule is CSc1nc(C)c(CCC(=O)N(C)Cc2ccc(C)o2)c(=O)[nH]1. The summed E-state index contributed by atoms with van der Waals surface area (Å²) in [7, 11) is 1.73. The zero-order valence-corrected chi connectivity index (χ0v) is 14.6. The molecule has 0 aliphatic heterocycles. The highest BCUT2D eigenvalue weighted by Gasteiger charge is 2.14. The van der Waals surface area contributed by atoms with Gasteiger partial charge in [-0.25, -0.2) is 4.98 Å². The number of carbonyl (C=O) groups excluding carboxylic acids is 1. The summed E-state index contributed by atoms with van der Waals surface area (Å²) in [4.78, 5) is 32.9. The van der Waals surface area contributed by atoms with Gasteiger partial charge in [-0.2, -0.15) is 0 Å². The molecule has 2 aromatic heterocycles. The van der Waals surface area contributed by atoms with Gasteiger partial charge in [0.05, 0.1) is 6.54 Å². The highest BCUT2D eigenvalue weighted by atomic mass is 32.2. The number of hydrogen-bond donors (Lipinski definition) is 1. The summed E-state index contributed by atoms with van der Waals surface area (Å²) in [5.41, 5.74) is 1.08. The third-order valence-electron chi connectivity index (χ3n) is 3.60. The van der Waals surface area contributed by atoms with Gasteiger partial charge in [-0.15, -0.1) is 0 Å². The highest BCUT2D eigenvalue weighted by Crippen LogP contribution is 2.12. The van der Waals surface area contributed by atoms with Crippen LogP contribution < -0.4 is 5.56 Å². The second kappa shape index (κ2) is 7.50. The van der Waals surface area contributed by atoms with Gasteiger partial charge in [0, 0.05) is 24.7 Å². The summed E-state index contributed by atoms with van der Waals surface area (Å²) >= 11 is 1.39. The van der Waals surface area contributed by atoms with Gasteiger partial charge in [0.2, 0.25) is 5.91 Å². The van der Waals surface area contributed by atoms with Crippen LogP contribution in [0.2, 0.25) is 0 Å². The monoisotopic (exact) mass is 335 g/mol. The lowest BCUT2D eigenvalue weighted by Gasteiger charge is -2.16. The van der Waals surface area contributed by atoms with Crippen LogP contribution in [-0.4, -0.2) is 34.1 Å². The third-order valence-corrected chi connectivity index (χ3v) is 4.18. The normalized spacial score (nSPS) is 10.8. The van der Waals surface area contributed by atoms with E-state index in [1.165, 1.54) is 11.8 Å². The number of aromatic nitrogens is 2. The maximum Gasteiger partial charge on any atom is 0.254 e. The molecule has 0 bridgehead atoms. The molecule has 2 aromatic rings. The van der Waals surface area contributed by atoms with E-state index in [1.54, 1.807) is 18.9 Å². The van der Waals surface area contributed by atoms with E-state index in [1.807, 2.05) is 25.3 Å². The van der Waals surface area contributed by atoms with Crippen molar-refractivity contribution in [3.8, 4) is 0 Å². The van der Waals surface area contributed by atoms with Crippen LogP contribution in [0.1, 0.15) is 29.2 Å². The van der Waals surface area contributed by atoms with E-state index >= 15 is 0 Å². The van der Waals surface area contributed by atoms with Crippen molar-refractivity contribution >= 4 is 17.7 Å². The van der Waals surface area contributed by atoms with E-state index in [0.29, 0.717) is 29.4 Å². The molecule has 2 heterocycles. The molecule has 0 saturated heterocycles. The van der Waals surface area contributed by atoms with Gasteiger partial charge in [-0.05, 0) is 38.7 Å². The molecular formula is C16H21N3O3S. The molecule has 7 heteroatoms. The summed E-state index contributed by atoms with van der Waals surface area (Å²) in [6, 6.07) is 3.73. The number of rotatable bonds is 6. The zero-order valence-electron chi connectivity index (χ0n) is 13.8. The molecular weight excluding hydrogens is 314 g/mol. The Balaban J connectivity index is 1.97. The summed E-state index contributed by atoms with van der Waals surface area (Å²) < 4.78 is 5.47. The van der Waals surface area contributed by atoms with Crippen molar-refractivity contribution in [2.75, 3.05) is 13.3 Å². The van der Waals surface area contributed by atoms with Crippen molar-refractivity contribution in [1.82, 2.24) is 14.9 Å². The molecule has 1 N–H and O–H groups in total. The van der Waals surface area contributed by atoms with Crippen molar-refractivity contribution in [2.45, 2.75) is 38.4 Å². The van der Waals surface area contributed by atoms with Crippen LogP contribution in [0, 0.1) is 13.8 Å². The van der Waals surface area contributed by atoms with Gasteiger partial charge in [0.15, 0.2) is 5.16 Å².